The molecule has 4 rings (SSSR count). The second kappa shape index (κ2) is 9.53. The van der Waals surface area contributed by atoms with Crippen molar-refractivity contribution in [2.24, 2.45) is 0 Å². The Morgan fingerprint density at radius 3 is 2.63 bits per heavy atom. The number of carbonyl (C=O) groups excluding carboxylic acids is 2. The predicted molar refractivity (Wildman–Crippen MR) is 132 cm³/mol. The SMILES string of the molecule is CC(C)(CC(O)(C#Cc1ccccc1)C(=O)Nc1ccc2c(c1)COC2=O)c1cc(F)ccc1Cl. The van der Waals surface area contributed by atoms with Gasteiger partial charge in [0.2, 0.25) is 5.60 Å². The van der Waals surface area contributed by atoms with Crippen LogP contribution in [-0.4, -0.2) is 22.6 Å². The van der Waals surface area contributed by atoms with Gasteiger partial charge in [0, 0.05) is 28.3 Å². The third-order valence-corrected chi connectivity index (χ3v) is 6.19. The van der Waals surface area contributed by atoms with Gasteiger partial charge in [-0.05, 0) is 59.5 Å². The molecule has 0 saturated heterocycles. The van der Waals surface area contributed by atoms with Crippen LogP contribution >= 0.6 is 11.6 Å². The Bertz CT molecular complexity index is 1360. The van der Waals surface area contributed by atoms with Crippen molar-refractivity contribution in [1.29, 1.82) is 0 Å². The minimum atomic E-state index is -2.15. The number of anilines is 1. The van der Waals surface area contributed by atoms with E-state index >= 15 is 0 Å². The lowest BCUT2D eigenvalue weighted by Crippen LogP contribution is -2.46. The molecule has 0 saturated carbocycles. The van der Waals surface area contributed by atoms with Crippen molar-refractivity contribution in [3.8, 4) is 11.8 Å². The average Bonchev–Trinajstić information content (AvgIpc) is 3.19. The highest BCUT2D eigenvalue weighted by molar-refractivity contribution is 6.31. The standard InChI is InChI=1S/C28H23ClFNO4/c1-27(2,23-15-20(30)8-11-24(23)29)17-28(34,13-12-18-6-4-3-5-7-18)26(33)31-21-9-10-22-19(14-21)16-35-25(22)32/h3-11,14-15,34H,16-17H2,1-2H3,(H,31,33). The number of ether oxygens (including phenoxy) is 1. The molecule has 0 bridgehead atoms. The lowest BCUT2D eigenvalue weighted by Gasteiger charge is -2.33. The number of carbonyl (C=O) groups is 2. The van der Waals surface area contributed by atoms with E-state index in [2.05, 4.69) is 17.2 Å². The van der Waals surface area contributed by atoms with Crippen molar-refractivity contribution in [2.45, 2.75) is 37.9 Å². The first kappa shape index (κ1) is 24.5. The molecule has 0 radical (unpaired) electrons. The van der Waals surface area contributed by atoms with E-state index in [0.29, 0.717) is 33.0 Å². The molecule has 2 N–H and O–H groups in total. The molecule has 1 aliphatic heterocycles. The van der Waals surface area contributed by atoms with Crippen molar-refractivity contribution in [3.63, 3.8) is 0 Å². The minimum Gasteiger partial charge on any atom is -0.457 e. The van der Waals surface area contributed by atoms with E-state index in [1.54, 1.807) is 56.3 Å². The van der Waals surface area contributed by atoms with Crippen LogP contribution in [0.15, 0.2) is 66.7 Å². The second-order valence-electron chi connectivity index (χ2n) is 9.06. The summed E-state index contributed by atoms with van der Waals surface area (Å²) < 4.78 is 19.0. The maximum Gasteiger partial charge on any atom is 0.338 e. The average molecular weight is 492 g/mol. The highest BCUT2D eigenvalue weighted by Gasteiger charge is 2.42. The maximum atomic E-state index is 14.0. The van der Waals surface area contributed by atoms with Crippen LogP contribution in [0.4, 0.5) is 10.1 Å². The molecule has 0 aromatic heterocycles. The van der Waals surface area contributed by atoms with E-state index < -0.39 is 28.7 Å². The van der Waals surface area contributed by atoms with Gasteiger partial charge in [-0.2, -0.15) is 0 Å². The first-order valence-corrected chi connectivity index (χ1v) is 11.3. The number of nitrogens with one attached hydrogen (secondary N) is 1. The molecule has 35 heavy (non-hydrogen) atoms. The van der Waals surface area contributed by atoms with Gasteiger partial charge in [-0.15, -0.1) is 0 Å². The molecule has 1 heterocycles. The first-order chi connectivity index (χ1) is 16.6. The van der Waals surface area contributed by atoms with E-state index in [1.165, 1.54) is 18.2 Å². The number of amides is 1. The fourth-order valence-corrected chi connectivity index (χ4v) is 4.45. The monoisotopic (exact) mass is 491 g/mol. The van der Waals surface area contributed by atoms with E-state index in [1.807, 2.05) is 6.07 Å². The molecule has 0 spiro atoms. The van der Waals surface area contributed by atoms with E-state index in [0.717, 1.165) is 0 Å². The van der Waals surface area contributed by atoms with Gasteiger partial charge in [0.15, 0.2) is 0 Å². The summed E-state index contributed by atoms with van der Waals surface area (Å²) in [4.78, 5) is 25.1. The molecule has 178 valence electrons. The lowest BCUT2D eigenvalue weighted by molar-refractivity contribution is -0.130. The number of cyclic esters (lactones) is 1. The zero-order chi connectivity index (χ0) is 25.2. The summed E-state index contributed by atoms with van der Waals surface area (Å²) in [5.74, 6) is 3.94. The number of hydrogen-bond acceptors (Lipinski definition) is 4. The van der Waals surface area contributed by atoms with Gasteiger partial charge in [0.05, 0.1) is 5.56 Å². The van der Waals surface area contributed by atoms with Crippen LogP contribution in [0.3, 0.4) is 0 Å². The molecular formula is C28H23ClFNO4. The number of hydrogen-bond donors (Lipinski definition) is 2. The van der Waals surface area contributed by atoms with Gasteiger partial charge in [0.25, 0.3) is 5.91 Å². The minimum absolute atomic E-state index is 0.112. The quantitative estimate of drug-likeness (QED) is 0.378. The van der Waals surface area contributed by atoms with Crippen LogP contribution in [0, 0.1) is 17.7 Å². The summed E-state index contributed by atoms with van der Waals surface area (Å²) in [5, 5.41) is 14.6. The molecule has 1 amide bonds. The lowest BCUT2D eigenvalue weighted by atomic mass is 9.75. The Morgan fingerprint density at radius 2 is 1.89 bits per heavy atom. The van der Waals surface area contributed by atoms with Gasteiger partial charge in [-0.25, -0.2) is 9.18 Å². The number of esters is 1. The fraction of sp³-hybridized carbons (Fsp3) is 0.214. The molecule has 1 aliphatic rings. The summed E-state index contributed by atoms with van der Waals surface area (Å²) in [7, 11) is 0. The Kier molecular flexibility index (Phi) is 6.66. The zero-order valence-electron chi connectivity index (χ0n) is 19.2. The summed E-state index contributed by atoms with van der Waals surface area (Å²) in [6.07, 6.45) is -0.165. The maximum absolute atomic E-state index is 14.0. The predicted octanol–water partition coefficient (Wildman–Crippen LogP) is 5.24. The Balaban J connectivity index is 1.69. The fourth-order valence-electron chi connectivity index (χ4n) is 4.07. The summed E-state index contributed by atoms with van der Waals surface area (Å²) in [5.41, 5.74) is -0.556. The molecule has 3 aromatic carbocycles. The zero-order valence-corrected chi connectivity index (χ0v) is 19.9. The van der Waals surface area contributed by atoms with E-state index in [9.17, 15) is 19.1 Å². The normalized spacial score (nSPS) is 14.3. The molecule has 3 aromatic rings. The third kappa shape index (κ3) is 5.37. The van der Waals surface area contributed by atoms with Crippen LogP contribution in [0.25, 0.3) is 0 Å². The molecule has 0 fully saturated rings. The van der Waals surface area contributed by atoms with Gasteiger partial charge >= 0.3 is 5.97 Å². The Morgan fingerprint density at radius 1 is 1.14 bits per heavy atom. The van der Waals surface area contributed by atoms with Gasteiger partial charge in [0.1, 0.15) is 12.4 Å². The summed E-state index contributed by atoms with van der Waals surface area (Å²) >= 11 is 6.33. The second-order valence-corrected chi connectivity index (χ2v) is 9.47. The number of halogens is 2. The van der Waals surface area contributed by atoms with Gasteiger partial charge < -0.3 is 15.2 Å². The van der Waals surface area contributed by atoms with Crippen molar-refractivity contribution in [2.75, 3.05) is 5.32 Å². The van der Waals surface area contributed by atoms with Crippen molar-refractivity contribution in [3.05, 3.63) is 99.8 Å². The van der Waals surface area contributed by atoms with Gasteiger partial charge in [-0.1, -0.05) is 55.5 Å². The number of benzene rings is 3. The first-order valence-electron chi connectivity index (χ1n) is 11.0. The smallest absolute Gasteiger partial charge is 0.338 e. The largest absolute Gasteiger partial charge is 0.457 e. The molecule has 5 nitrogen and oxygen atoms in total. The highest BCUT2D eigenvalue weighted by Crippen LogP contribution is 2.37. The van der Waals surface area contributed by atoms with Crippen molar-refractivity contribution < 1.29 is 23.8 Å². The molecule has 1 atom stereocenters. The number of aliphatic hydroxyl groups is 1. The van der Waals surface area contributed by atoms with Crippen molar-refractivity contribution in [1.82, 2.24) is 0 Å². The number of rotatable bonds is 5. The summed E-state index contributed by atoms with van der Waals surface area (Å²) in [6, 6.07) is 17.7. The van der Waals surface area contributed by atoms with Crippen LogP contribution in [0.5, 0.6) is 0 Å². The summed E-state index contributed by atoms with van der Waals surface area (Å²) in [6.45, 7) is 3.63. The molecule has 1 unspecified atom stereocenters. The van der Waals surface area contributed by atoms with Crippen LogP contribution in [-0.2, 0) is 21.6 Å². The molecule has 0 aliphatic carbocycles. The number of fused-ring (bicyclic) bond motifs is 1. The van der Waals surface area contributed by atoms with E-state index in [4.69, 9.17) is 16.3 Å². The molecule has 7 heteroatoms. The van der Waals surface area contributed by atoms with Crippen LogP contribution in [0.2, 0.25) is 5.02 Å². The van der Waals surface area contributed by atoms with Crippen LogP contribution in [0.1, 0.15) is 47.3 Å². The van der Waals surface area contributed by atoms with Crippen molar-refractivity contribution >= 4 is 29.2 Å². The third-order valence-electron chi connectivity index (χ3n) is 5.86. The van der Waals surface area contributed by atoms with E-state index in [-0.39, 0.29) is 13.0 Å². The highest BCUT2D eigenvalue weighted by atomic mass is 35.5. The Labute approximate surface area is 207 Å². The topological polar surface area (TPSA) is 75.6 Å². The van der Waals surface area contributed by atoms with Crippen LogP contribution < -0.4 is 5.32 Å². The Hall–Kier alpha value is -3.66. The molecular weight excluding hydrogens is 469 g/mol. The van der Waals surface area contributed by atoms with Gasteiger partial charge in [-0.3, -0.25) is 4.79 Å².